The topological polar surface area (TPSA) is 114 Å². The summed E-state index contributed by atoms with van der Waals surface area (Å²) in [6.45, 7) is 1.62. The SMILES string of the molecule is CO[C@H](C(=O)Nc1nnc(NC2CCN(c3cccnn3)CC2)s1)c1cccc(OC(F)(F)F)c1. The molecule has 35 heavy (non-hydrogen) atoms. The van der Waals surface area contributed by atoms with Crippen LogP contribution in [-0.4, -0.2) is 58.9 Å². The number of carbonyl (C=O) groups excluding carboxylic acids is 1. The minimum absolute atomic E-state index is 0.183. The normalized spacial score (nSPS) is 15.5. The first-order valence-electron chi connectivity index (χ1n) is 10.6. The molecule has 1 fully saturated rings. The van der Waals surface area contributed by atoms with E-state index in [1.807, 2.05) is 12.1 Å². The molecule has 1 aliphatic heterocycles. The average Bonchev–Trinajstić information content (AvgIpc) is 3.26. The van der Waals surface area contributed by atoms with Gasteiger partial charge in [0, 0.05) is 32.4 Å². The highest BCUT2D eigenvalue weighted by molar-refractivity contribution is 7.19. The van der Waals surface area contributed by atoms with Crippen molar-refractivity contribution in [2.45, 2.75) is 31.3 Å². The number of rotatable bonds is 8. The van der Waals surface area contributed by atoms with Gasteiger partial charge in [0.15, 0.2) is 11.9 Å². The number of aromatic nitrogens is 4. The number of nitrogens with zero attached hydrogens (tertiary/aromatic N) is 5. The van der Waals surface area contributed by atoms with Crippen molar-refractivity contribution >= 4 is 33.3 Å². The summed E-state index contributed by atoms with van der Waals surface area (Å²) < 4.78 is 46.7. The molecular formula is C21H22F3N7O3S. The van der Waals surface area contributed by atoms with Gasteiger partial charge in [0.25, 0.3) is 5.91 Å². The Kier molecular flexibility index (Phi) is 7.60. The fourth-order valence-electron chi connectivity index (χ4n) is 3.66. The molecule has 3 heterocycles. The van der Waals surface area contributed by atoms with Crippen LogP contribution in [0.1, 0.15) is 24.5 Å². The Morgan fingerprint density at radius 2 is 1.91 bits per heavy atom. The standard InChI is InChI=1S/C21H22F3N7O3S/c1-33-17(13-4-2-5-15(12-13)34-21(22,23)24)18(32)27-20-30-29-19(35-20)26-14-7-10-31(11-8-14)16-6-3-9-25-28-16/h2-6,9,12,14,17H,7-8,10-11H2,1H3,(H,26,29)(H,27,30,32)/t17-/m0/s1. The van der Waals surface area contributed by atoms with Crippen LogP contribution in [0.3, 0.4) is 0 Å². The molecule has 0 aliphatic carbocycles. The highest BCUT2D eigenvalue weighted by Crippen LogP contribution is 2.29. The second-order valence-corrected chi connectivity index (χ2v) is 8.60. The van der Waals surface area contributed by atoms with Crippen LogP contribution < -0.4 is 20.3 Å². The maximum Gasteiger partial charge on any atom is 0.573 e. The molecule has 1 amide bonds. The van der Waals surface area contributed by atoms with Gasteiger partial charge in [0.05, 0.1) is 0 Å². The van der Waals surface area contributed by atoms with Crippen molar-refractivity contribution in [3.63, 3.8) is 0 Å². The van der Waals surface area contributed by atoms with Crippen LogP contribution in [0.4, 0.5) is 29.3 Å². The predicted molar refractivity (Wildman–Crippen MR) is 122 cm³/mol. The molecule has 4 rings (SSSR count). The third-order valence-corrected chi connectivity index (χ3v) is 6.00. The smallest absolute Gasteiger partial charge is 0.406 e. The summed E-state index contributed by atoms with van der Waals surface area (Å²) in [4.78, 5) is 14.9. The van der Waals surface area contributed by atoms with Crippen molar-refractivity contribution in [3.8, 4) is 5.75 Å². The maximum absolute atomic E-state index is 12.7. The van der Waals surface area contributed by atoms with E-state index in [0.29, 0.717) is 5.13 Å². The Morgan fingerprint density at radius 1 is 1.14 bits per heavy atom. The molecule has 0 spiro atoms. The van der Waals surface area contributed by atoms with E-state index in [1.165, 1.54) is 19.2 Å². The Morgan fingerprint density at radius 3 is 2.60 bits per heavy atom. The van der Waals surface area contributed by atoms with Gasteiger partial charge in [-0.2, -0.15) is 5.10 Å². The van der Waals surface area contributed by atoms with Gasteiger partial charge >= 0.3 is 6.36 Å². The molecule has 0 radical (unpaired) electrons. The van der Waals surface area contributed by atoms with Crippen LogP contribution in [0.15, 0.2) is 42.6 Å². The van der Waals surface area contributed by atoms with Crippen LogP contribution in [0.25, 0.3) is 0 Å². The predicted octanol–water partition coefficient (Wildman–Crippen LogP) is 3.63. The number of anilines is 3. The lowest BCUT2D eigenvalue weighted by atomic mass is 10.1. The zero-order chi connectivity index (χ0) is 24.8. The molecule has 14 heteroatoms. The van der Waals surface area contributed by atoms with Gasteiger partial charge in [-0.25, -0.2) is 0 Å². The Bertz CT molecular complexity index is 1120. The highest BCUT2D eigenvalue weighted by Gasteiger charge is 2.32. The van der Waals surface area contributed by atoms with Crippen molar-refractivity contribution in [3.05, 3.63) is 48.2 Å². The van der Waals surface area contributed by atoms with Crippen LogP contribution in [0.5, 0.6) is 5.75 Å². The summed E-state index contributed by atoms with van der Waals surface area (Å²) in [7, 11) is 1.28. The van der Waals surface area contributed by atoms with E-state index in [4.69, 9.17) is 4.74 Å². The van der Waals surface area contributed by atoms with Gasteiger partial charge in [0.1, 0.15) is 5.75 Å². The molecule has 1 aliphatic rings. The van der Waals surface area contributed by atoms with E-state index < -0.39 is 24.1 Å². The van der Waals surface area contributed by atoms with Gasteiger partial charge in [-0.1, -0.05) is 23.5 Å². The zero-order valence-electron chi connectivity index (χ0n) is 18.5. The quantitative estimate of drug-likeness (QED) is 0.470. The van der Waals surface area contributed by atoms with Gasteiger partial charge in [-0.15, -0.1) is 28.5 Å². The number of nitrogens with one attached hydrogen (secondary N) is 2. The molecule has 1 aromatic carbocycles. The van der Waals surface area contributed by atoms with Gasteiger partial charge in [0.2, 0.25) is 10.3 Å². The van der Waals surface area contributed by atoms with Crippen LogP contribution in [-0.2, 0) is 9.53 Å². The monoisotopic (exact) mass is 509 g/mol. The van der Waals surface area contributed by atoms with Crippen molar-refractivity contribution in [1.29, 1.82) is 0 Å². The molecule has 10 nitrogen and oxygen atoms in total. The first kappa shape index (κ1) is 24.6. The molecule has 0 bridgehead atoms. The first-order valence-corrected chi connectivity index (χ1v) is 11.4. The summed E-state index contributed by atoms with van der Waals surface area (Å²) >= 11 is 1.16. The Balaban J connectivity index is 1.32. The van der Waals surface area contributed by atoms with Crippen molar-refractivity contribution in [1.82, 2.24) is 20.4 Å². The fourth-order valence-corrected chi connectivity index (χ4v) is 4.39. The van der Waals surface area contributed by atoms with Crippen molar-refractivity contribution in [2.24, 2.45) is 0 Å². The molecule has 2 aromatic heterocycles. The van der Waals surface area contributed by atoms with E-state index >= 15 is 0 Å². The van der Waals surface area contributed by atoms with Crippen LogP contribution in [0, 0.1) is 0 Å². The van der Waals surface area contributed by atoms with Crippen LogP contribution >= 0.6 is 11.3 Å². The third-order valence-electron chi connectivity index (χ3n) is 5.23. The maximum atomic E-state index is 12.7. The zero-order valence-corrected chi connectivity index (χ0v) is 19.3. The number of carbonyl (C=O) groups is 1. The van der Waals surface area contributed by atoms with Crippen LogP contribution in [0.2, 0.25) is 0 Å². The number of hydrogen-bond acceptors (Lipinski definition) is 10. The average molecular weight is 510 g/mol. The minimum atomic E-state index is -4.84. The van der Waals surface area contributed by atoms with Crippen molar-refractivity contribution < 1.29 is 27.4 Å². The summed E-state index contributed by atoms with van der Waals surface area (Å²) in [5.74, 6) is -0.204. The fraction of sp³-hybridized carbons (Fsp3) is 0.381. The summed E-state index contributed by atoms with van der Waals surface area (Å²) in [6.07, 6.45) is -2.65. The van der Waals surface area contributed by atoms with E-state index in [0.717, 1.165) is 55.2 Å². The second-order valence-electron chi connectivity index (χ2n) is 7.63. The molecule has 0 unspecified atom stereocenters. The van der Waals surface area contributed by atoms with E-state index in [9.17, 15) is 18.0 Å². The van der Waals surface area contributed by atoms with E-state index in [1.54, 1.807) is 6.20 Å². The number of methoxy groups -OCH3 is 1. The molecule has 2 N–H and O–H groups in total. The highest BCUT2D eigenvalue weighted by atomic mass is 32.1. The van der Waals surface area contributed by atoms with Gasteiger partial charge < -0.3 is 19.7 Å². The molecule has 0 saturated carbocycles. The number of hydrogen-bond donors (Lipinski definition) is 2. The lowest BCUT2D eigenvalue weighted by molar-refractivity contribution is -0.274. The number of alkyl halides is 3. The minimum Gasteiger partial charge on any atom is -0.406 e. The summed E-state index contributed by atoms with van der Waals surface area (Å²) in [5, 5.41) is 22.8. The first-order chi connectivity index (χ1) is 16.8. The lowest BCUT2D eigenvalue weighted by Gasteiger charge is -2.32. The number of piperidine rings is 1. The third kappa shape index (κ3) is 6.76. The van der Waals surface area contributed by atoms with E-state index in [-0.39, 0.29) is 16.7 Å². The number of benzene rings is 1. The Hall–Kier alpha value is -3.52. The van der Waals surface area contributed by atoms with Gasteiger partial charge in [-0.3, -0.25) is 10.1 Å². The van der Waals surface area contributed by atoms with Crippen molar-refractivity contribution in [2.75, 3.05) is 35.7 Å². The molecule has 1 saturated heterocycles. The molecule has 1 atom stereocenters. The molecule has 3 aromatic rings. The van der Waals surface area contributed by atoms with E-state index in [2.05, 4.69) is 40.7 Å². The number of halogens is 3. The van der Waals surface area contributed by atoms with Gasteiger partial charge in [-0.05, 0) is 42.7 Å². The Labute approximate surface area is 202 Å². The number of amides is 1. The summed E-state index contributed by atoms with van der Waals surface area (Å²) in [6, 6.07) is 9.01. The number of ether oxygens (including phenoxy) is 2. The molecular weight excluding hydrogens is 487 g/mol. The largest absolute Gasteiger partial charge is 0.573 e. The second kappa shape index (κ2) is 10.8. The summed E-state index contributed by atoms with van der Waals surface area (Å²) in [5.41, 5.74) is 0.199. The molecule has 186 valence electrons. The lowest BCUT2D eigenvalue weighted by Crippen LogP contribution is -2.39.